The van der Waals surface area contributed by atoms with Gasteiger partial charge in [-0.25, -0.2) is 0 Å². The van der Waals surface area contributed by atoms with Crippen LogP contribution in [0.1, 0.15) is 61.8 Å². The third-order valence-corrected chi connectivity index (χ3v) is 6.55. The minimum absolute atomic E-state index is 0.171. The Morgan fingerprint density at radius 2 is 1.81 bits per heavy atom. The van der Waals surface area contributed by atoms with Gasteiger partial charge in [-0.05, 0) is 82.4 Å². The summed E-state index contributed by atoms with van der Waals surface area (Å²) >= 11 is 0. The fraction of sp³-hybridized carbons (Fsp3) is 0.560. The summed E-state index contributed by atoms with van der Waals surface area (Å²) in [6, 6.07) is 13.5. The second-order valence-electron chi connectivity index (χ2n) is 8.82. The Balaban J connectivity index is 1.39. The minimum atomic E-state index is 0.171. The number of hydrogen-bond donors (Lipinski definition) is 2. The van der Waals surface area contributed by atoms with Crippen molar-refractivity contribution >= 4 is 11.6 Å². The van der Waals surface area contributed by atoms with Gasteiger partial charge in [0.15, 0.2) is 5.96 Å². The lowest BCUT2D eigenvalue weighted by Gasteiger charge is -2.27. The summed E-state index contributed by atoms with van der Waals surface area (Å²) in [6.07, 6.45) is 5.10. The molecule has 0 spiro atoms. The molecule has 6 nitrogen and oxygen atoms in total. The van der Waals surface area contributed by atoms with E-state index in [0.717, 1.165) is 37.1 Å². The van der Waals surface area contributed by atoms with Crippen molar-refractivity contribution in [2.24, 2.45) is 4.99 Å². The van der Waals surface area contributed by atoms with Gasteiger partial charge in [0, 0.05) is 32.4 Å². The molecule has 2 N–H and O–H groups in total. The Morgan fingerprint density at radius 1 is 1.06 bits per heavy atom. The zero-order chi connectivity index (χ0) is 21.6. The second kappa shape index (κ2) is 10.2. The number of guanidine groups is 1. The van der Waals surface area contributed by atoms with E-state index in [9.17, 15) is 0 Å². The van der Waals surface area contributed by atoms with Crippen molar-refractivity contribution in [3.63, 3.8) is 0 Å². The molecule has 1 aromatic carbocycles. The van der Waals surface area contributed by atoms with E-state index in [0.29, 0.717) is 0 Å². The fourth-order valence-corrected chi connectivity index (χ4v) is 4.74. The minimum Gasteiger partial charge on any atom is -0.465 e. The molecule has 0 aliphatic carbocycles. The van der Waals surface area contributed by atoms with Gasteiger partial charge in [0.25, 0.3) is 0 Å². The molecular weight excluding hydrogens is 386 g/mol. The summed E-state index contributed by atoms with van der Waals surface area (Å²) in [7, 11) is 1.84. The lowest BCUT2D eigenvalue weighted by Crippen LogP contribution is -2.43. The first-order chi connectivity index (χ1) is 15.1. The first kappa shape index (κ1) is 21.8. The molecule has 2 aliphatic rings. The van der Waals surface area contributed by atoms with E-state index in [-0.39, 0.29) is 12.1 Å². The average Bonchev–Trinajstić information content (AvgIpc) is 3.56. The van der Waals surface area contributed by atoms with Gasteiger partial charge in [0.2, 0.25) is 0 Å². The third kappa shape index (κ3) is 5.42. The van der Waals surface area contributed by atoms with Crippen molar-refractivity contribution in [2.45, 2.75) is 51.6 Å². The standard InChI is InChI=1S/C25H37N5O/c1-19-11-12-24(31-19)23(30-15-6-7-16-30)18-27-25(26-3)28-20(2)21-9-8-10-22(17-21)29-13-4-5-14-29/h8-12,17,20,23H,4-7,13-16,18H2,1-3H3,(H2,26,27,28). The molecule has 0 radical (unpaired) electrons. The van der Waals surface area contributed by atoms with Crippen LogP contribution in [-0.2, 0) is 0 Å². The molecule has 2 aromatic rings. The summed E-state index contributed by atoms with van der Waals surface area (Å²) in [5.74, 6) is 2.83. The molecule has 2 saturated heterocycles. The summed E-state index contributed by atoms with van der Waals surface area (Å²) in [5.41, 5.74) is 2.61. The van der Waals surface area contributed by atoms with Crippen LogP contribution < -0.4 is 15.5 Å². The topological polar surface area (TPSA) is 56.0 Å². The number of hydrogen-bond acceptors (Lipinski definition) is 4. The van der Waals surface area contributed by atoms with Crippen LogP contribution in [0.25, 0.3) is 0 Å². The Hall–Kier alpha value is -2.47. The maximum atomic E-state index is 5.99. The van der Waals surface area contributed by atoms with E-state index in [1.54, 1.807) is 0 Å². The van der Waals surface area contributed by atoms with E-state index in [1.165, 1.54) is 50.0 Å². The molecule has 0 saturated carbocycles. The number of benzene rings is 1. The number of aryl methyl sites for hydroxylation is 1. The molecule has 1 aromatic heterocycles. The molecule has 31 heavy (non-hydrogen) atoms. The zero-order valence-corrected chi connectivity index (χ0v) is 19.2. The molecule has 2 fully saturated rings. The Kier molecular flexibility index (Phi) is 7.17. The number of aliphatic imine (C=N–C) groups is 1. The van der Waals surface area contributed by atoms with Crippen LogP contribution in [0, 0.1) is 6.92 Å². The molecular formula is C25H37N5O. The molecule has 2 atom stereocenters. The Labute approximate surface area is 186 Å². The average molecular weight is 424 g/mol. The van der Waals surface area contributed by atoms with Gasteiger partial charge in [0.05, 0.1) is 12.1 Å². The van der Waals surface area contributed by atoms with Crippen LogP contribution in [0.4, 0.5) is 5.69 Å². The molecule has 6 heteroatoms. The number of rotatable bonds is 7. The summed E-state index contributed by atoms with van der Waals surface area (Å²) in [4.78, 5) is 9.48. The van der Waals surface area contributed by atoms with Gasteiger partial charge < -0.3 is 20.0 Å². The highest BCUT2D eigenvalue weighted by molar-refractivity contribution is 5.80. The van der Waals surface area contributed by atoms with Gasteiger partial charge in [-0.15, -0.1) is 0 Å². The van der Waals surface area contributed by atoms with E-state index in [1.807, 2.05) is 14.0 Å². The molecule has 4 rings (SSSR count). The van der Waals surface area contributed by atoms with Gasteiger partial charge >= 0.3 is 0 Å². The molecule has 0 amide bonds. The van der Waals surface area contributed by atoms with E-state index in [4.69, 9.17) is 4.42 Å². The quantitative estimate of drug-likeness (QED) is 0.515. The van der Waals surface area contributed by atoms with Gasteiger partial charge in [-0.1, -0.05) is 12.1 Å². The van der Waals surface area contributed by atoms with Crippen LogP contribution in [0.5, 0.6) is 0 Å². The largest absolute Gasteiger partial charge is 0.465 e. The monoisotopic (exact) mass is 423 g/mol. The maximum Gasteiger partial charge on any atom is 0.191 e. The summed E-state index contributed by atoms with van der Waals surface area (Å²) < 4.78 is 5.99. The van der Waals surface area contributed by atoms with Crippen molar-refractivity contribution in [1.82, 2.24) is 15.5 Å². The Morgan fingerprint density at radius 3 is 2.48 bits per heavy atom. The molecule has 3 heterocycles. The van der Waals surface area contributed by atoms with Crippen molar-refractivity contribution in [2.75, 3.05) is 44.7 Å². The van der Waals surface area contributed by atoms with Crippen LogP contribution >= 0.6 is 0 Å². The number of nitrogens with one attached hydrogen (secondary N) is 2. The number of furan rings is 1. The van der Waals surface area contributed by atoms with Crippen LogP contribution in [0.15, 0.2) is 45.8 Å². The van der Waals surface area contributed by atoms with Crippen molar-refractivity contribution in [3.8, 4) is 0 Å². The maximum absolute atomic E-state index is 5.99. The van der Waals surface area contributed by atoms with E-state index in [2.05, 4.69) is 68.7 Å². The Bertz CT molecular complexity index is 864. The highest BCUT2D eigenvalue weighted by atomic mass is 16.3. The van der Waals surface area contributed by atoms with Crippen molar-refractivity contribution < 1.29 is 4.42 Å². The highest BCUT2D eigenvalue weighted by Crippen LogP contribution is 2.26. The predicted molar refractivity (Wildman–Crippen MR) is 128 cm³/mol. The number of anilines is 1. The first-order valence-electron chi connectivity index (χ1n) is 11.8. The first-order valence-corrected chi connectivity index (χ1v) is 11.8. The molecule has 0 bridgehead atoms. The third-order valence-electron chi connectivity index (χ3n) is 6.55. The highest BCUT2D eigenvalue weighted by Gasteiger charge is 2.26. The van der Waals surface area contributed by atoms with Crippen molar-refractivity contribution in [1.29, 1.82) is 0 Å². The lowest BCUT2D eigenvalue weighted by molar-refractivity contribution is 0.213. The molecule has 168 valence electrons. The molecule has 2 unspecified atom stereocenters. The predicted octanol–water partition coefficient (Wildman–Crippen LogP) is 4.25. The van der Waals surface area contributed by atoms with Crippen LogP contribution in [0.2, 0.25) is 0 Å². The van der Waals surface area contributed by atoms with Gasteiger partial charge in [0.1, 0.15) is 11.5 Å². The van der Waals surface area contributed by atoms with E-state index >= 15 is 0 Å². The number of likely N-dealkylation sites (tertiary alicyclic amines) is 1. The van der Waals surface area contributed by atoms with E-state index < -0.39 is 0 Å². The second-order valence-corrected chi connectivity index (χ2v) is 8.82. The van der Waals surface area contributed by atoms with Crippen LogP contribution in [0.3, 0.4) is 0 Å². The summed E-state index contributed by atoms with van der Waals surface area (Å²) in [5, 5.41) is 7.13. The smallest absolute Gasteiger partial charge is 0.191 e. The SMILES string of the molecule is CN=C(NCC(c1ccc(C)o1)N1CCCC1)NC(C)c1cccc(N2CCCC2)c1. The fourth-order valence-electron chi connectivity index (χ4n) is 4.74. The van der Waals surface area contributed by atoms with Crippen LogP contribution in [-0.4, -0.2) is 50.6 Å². The summed E-state index contributed by atoms with van der Waals surface area (Å²) in [6.45, 7) is 9.56. The van der Waals surface area contributed by atoms with Gasteiger partial charge in [-0.2, -0.15) is 0 Å². The number of nitrogens with zero attached hydrogens (tertiary/aromatic N) is 3. The lowest BCUT2D eigenvalue weighted by atomic mass is 10.1. The van der Waals surface area contributed by atoms with Gasteiger partial charge in [-0.3, -0.25) is 9.89 Å². The molecule has 2 aliphatic heterocycles. The van der Waals surface area contributed by atoms with Crippen molar-refractivity contribution in [3.05, 3.63) is 53.5 Å². The zero-order valence-electron chi connectivity index (χ0n) is 19.2. The normalized spacial score (nSPS) is 19.6.